The molecular formula is C23H26ClN3O4S. The fourth-order valence-electron chi connectivity index (χ4n) is 4.40. The number of sulfonamides is 1. The third-order valence-corrected chi connectivity index (χ3v) is 8.51. The Bertz CT molecular complexity index is 1170. The Balaban J connectivity index is 1.49. The van der Waals surface area contributed by atoms with Gasteiger partial charge in [-0.3, -0.25) is 14.5 Å². The van der Waals surface area contributed by atoms with Crippen molar-refractivity contribution in [3.63, 3.8) is 0 Å². The number of hydrogen-bond acceptors (Lipinski definition) is 5. The van der Waals surface area contributed by atoms with Gasteiger partial charge in [-0.2, -0.15) is 0 Å². The summed E-state index contributed by atoms with van der Waals surface area (Å²) in [7, 11) is -3.94. The Hall–Kier alpha value is -2.42. The topological polar surface area (TPSA) is 78.0 Å². The molecule has 1 unspecified atom stereocenters. The Morgan fingerprint density at radius 2 is 1.66 bits per heavy atom. The smallest absolute Gasteiger partial charge is 0.269 e. The predicted octanol–water partition coefficient (Wildman–Crippen LogP) is 3.41. The molecule has 0 aromatic heterocycles. The van der Waals surface area contributed by atoms with E-state index in [1.54, 1.807) is 18.7 Å². The Morgan fingerprint density at radius 3 is 2.28 bits per heavy atom. The molecule has 2 aromatic carbocycles. The largest absolute Gasteiger partial charge is 0.336 e. The maximum absolute atomic E-state index is 13.1. The molecule has 4 rings (SSSR count). The summed E-state index contributed by atoms with van der Waals surface area (Å²) >= 11 is 6.34. The van der Waals surface area contributed by atoms with Crippen molar-refractivity contribution >= 4 is 33.4 Å². The van der Waals surface area contributed by atoms with Crippen molar-refractivity contribution in [1.29, 1.82) is 0 Å². The van der Waals surface area contributed by atoms with Crippen LogP contribution in [0, 0.1) is 0 Å². The van der Waals surface area contributed by atoms with Crippen molar-refractivity contribution in [1.82, 2.24) is 14.1 Å². The van der Waals surface area contributed by atoms with Crippen LogP contribution in [0.15, 0.2) is 47.4 Å². The van der Waals surface area contributed by atoms with Gasteiger partial charge < -0.3 is 4.90 Å². The summed E-state index contributed by atoms with van der Waals surface area (Å²) in [5, 5.41) is 0.725. The number of amides is 2. The summed E-state index contributed by atoms with van der Waals surface area (Å²) in [4.78, 5) is 29.5. The van der Waals surface area contributed by atoms with Gasteiger partial charge in [-0.25, -0.2) is 12.7 Å². The molecule has 1 fully saturated rings. The van der Waals surface area contributed by atoms with E-state index in [9.17, 15) is 18.0 Å². The van der Waals surface area contributed by atoms with Crippen molar-refractivity contribution in [3.05, 3.63) is 64.2 Å². The molecular weight excluding hydrogens is 450 g/mol. The second kappa shape index (κ2) is 8.50. The van der Waals surface area contributed by atoms with E-state index in [2.05, 4.69) is 11.8 Å². The molecule has 2 heterocycles. The highest BCUT2D eigenvalue weighted by Gasteiger charge is 2.43. The van der Waals surface area contributed by atoms with E-state index in [-0.39, 0.29) is 28.0 Å². The summed E-state index contributed by atoms with van der Waals surface area (Å²) in [6.45, 7) is 7.81. The van der Waals surface area contributed by atoms with Crippen LogP contribution in [-0.2, 0) is 10.0 Å². The van der Waals surface area contributed by atoms with E-state index in [0.29, 0.717) is 26.2 Å². The third-order valence-electron chi connectivity index (χ3n) is 6.17. The molecule has 0 spiro atoms. The first-order chi connectivity index (χ1) is 15.1. The number of rotatable bonds is 4. The third kappa shape index (κ3) is 3.80. The van der Waals surface area contributed by atoms with Gasteiger partial charge in [0.05, 0.1) is 5.56 Å². The monoisotopic (exact) mass is 475 g/mol. The van der Waals surface area contributed by atoms with Gasteiger partial charge >= 0.3 is 0 Å². The summed E-state index contributed by atoms with van der Waals surface area (Å²) in [6, 6.07) is 11.7. The Kier molecular flexibility index (Phi) is 6.04. The molecule has 0 N–H and O–H groups in total. The molecule has 0 saturated carbocycles. The van der Waals surface area contributed by atoms with Crippen molar-refractivity contribution in [2.75, 3.05) is 26.2 Å². The van der Waals surface area contributed by atoms with Gasteiger partial charge in [-0.1, -0.05) is 29.8 Å². The highest BCUT2D eigenvalue weighted by Crippen LogP contribution is 2.33. The molecule has 1 atom stereocenters. The van der Waals surface area contributed by atoms with Crippen LogP contribution in [-0.4, -0.2) is 66.6 Å². The fraction of sp³-hybridized carbons (Fsp3) is 0.391. The number of hydrogen-bond donors (Lipinski definition) is 0. The number of piperazine rings is 1. The number of nitrogens with zero attached hydrogens (tertiary/aromatic N) is 3. The molecule has 2 aliphatic rings. The van der Waals surface area contributed by atoms with Crippen LogP contribution < -0.4 is 0 Å². The Morgan fingerprint density at radius 1 is 1.00 bits per heavy atom. The van der Waals surface area contributed by atoms with Crippen LogP contribution in [0.25, 0.3) is 0 Å². The first-order valence-corrected chi connectivity index (χ1v) is 12.4. The molecule has 0 aliphatic carbocycles. The summed E-state index contributed by atoms with van der Waals surface area (Å²) in [5.74, 6) is -0.778. The van der Waals surface area contributed by atoms with Crippen LogP contribution in [0.2, 0.25) is 5.02 Å². The van der Waals surface area contributed by atoms with Crippen molar-refractivity contribution in [2.24, 2.45) is 0 Å². The number of carbonyl (C=O) groups is 2. The summed E-state index contributed by atoms with van der Waals surface area (Å²) in [6.07, 6.45) is 0. The lowest BCUT2D eigenvalue weighted by Crippen LogP contribution is -2.49. The molecule has 2 aliphatic heterocycles. The molecule has 9 heteroatoms. The quantitative estimate of drug-likeness (QED) is 0.677. The average Bonchev–Trinajstić information content (AvgIpc) is 2.98. The zero-order valence-electron chi connectivity index (χ0n) is 18.3. The molecule has 7 nitrogen and oxygen atoms in total. The van der Waals surface area contributed by atoms with Gasteiger partial charge in [0.15, 0.2) is 0 Å². The summed E-state index contributed by atoms with van der Waals surface area (Å²) < 4.78 is 26.5. The second-order valence-corrected chi connectivity index (χ2v) is 10.6. The SMILES string of the molecule is CC(c1ccccc1Cl)N1CCN(C(=O)c2ccc3c(c2)S(=O)(=O)N(C(C)C)C3=O)CC1. The van der Waals surface area contributed by atoms with Gasteiger partial charge in [0.25, 0.3) is 21.8 Å². The number of carbonyl (C=O) groups excluding carboxylic acids is 2. The van der Waals surface area contributed by atoms with E-state index >= 15 is 0 Å². The van der Waals surface area contributed by atoms with Crippen molar-refractivity contribution < 1.29 is 18.0 Å². The normalized spacial score (nSPS) is 19.3. The first-order valence-electron chi connectivity index (χ1n) is 10.6. The van der Waals surface area contributed by atoms with Crippen molar-refractivity contribution in [2.45, 2.75) is 37.8 Å². The van der Waals surface area contributed by atoms with E-state index in [4.69, 9.17) is 11.6 Å². The van der Waals surface area contributed by atoms with Gasteiger partial charge in [-0.15, -0.1) is 0 Å². The van der Waals surface area contributed by atoms with E-state index in [1.807, 2.05) is 24.3 Å². The zero-order chi connectivity index (χ0) is 23.2. The fourth-order valence-corrected chi connectivity index (χ4v) is 6.48. The summed E-state index contributed by atoms with van der Waals surface area (Å²) in [5.41, 5.74) is 1.45. The maximum atomic E-state index is 13.1. The molecule has 170 valence electrons. The van der Waals surface area contributed by atoms with Crippen LogP contribution in [0.1, 0.15) is 53.1 Å². The molecule has 0 bridgehead atoms. The molecule has 2 amide bonds. The highest BCUT2D eigenvalue weighted by atomic mass is 35.5. The standard InChI is InChI=1S/C23H26ClN3O4S/c1-15(2)27-23(29)19-9-8-17(14-21(19)32(27,30)31)22(28)26-12-10-25(11-13-26)16(3)18-6-4-5-7-20(18)24/h4-9,14-16H,10-13H2,1-3H3. The number of fused-ring (bicyclic) bond motifs is 1. The Labute approximate surface area is 193 Å². The molecule has 2 aromatic rings. The lowest BCUT2D eigenvalue weighted by Gasteiger charge is -2.38. The van der Waals surface area contributed by atoms with Gasteiger partial charge in [0.2, 0.25) is 0 Å². The highest BCUT2D eigenvalue weighted by molar-refractivity contribution is 7.90. The minimum absolute atomic E-state index is 0.0898. The zero-order valence-corrected chi connectivity index (χ0v) is 19.9. The lowest BCUT2D eigenvalue weighted by molar-refractivity contribution is 0.0581. The van der Waals surface area contributed by atoms with Crippen LogP contribution in [0.4, 0.5) is 0 Å². The van der Waals surface area contributed by atoms with Crippen LogP contribution >= 0.6 is 11.6 Å². The first kappa shape index (κ1) is 22.8. The lowest BCUT2D eigenvalue weighted by atomic mass is 10.1. The average molecular weight is 476 g/mol. The molecule has 1 saturated heterocycles. The van der Waals surface area contributed by atoms with E-state index < -0.39 is 22.0 Å². The number of benzene rings is 2. The molecule has 32 heavy (non-hydrogen) atoms. The van der Waals surface area contributed by atoms with Crippen LogP contribution in [0.5, 0.6) is 0 Å². The van der Waals surface area contributed by atoms with Gasteiger partial charge in [0.1, 0.15) is 4.90 Å². The van der Waals surface area contributed by atoms with Gasteiger partial charge in [-0.05, 0) is 50.6 Å². The minimum Gasteiger partial charge on any atom is -0.336 e. The van der Waals surface area contributed by atoms with Gasteiger partial charge in [0, 0.05) is 48.8 Å². The van der Waals surface area contributed by atoms with E-state index in [1.165, 1.54) is 18.2 Å². The number of halogens is 1. The maximum Gasteiger partial charge on any atom is 0.269 e. The predicted molar refractivity (Wildman–Crippen MR) is 122 cm³/mol. The van der Waals surface area contributed by atoms with E-state index in [0.717, 1.165) is 14.9 Å². The second-order valence-electron chi connectivity index (χ2n) is 8.44. The minimum atomic E-state index is -3.94. The molecule has 0 radical (unpaired) electrons. The van der Waals surface area contributed by atoms with Crippen molar-refractivity contribution in [3.8, 4) is 0 Å². The van der Waals surface area contributed by atoms with Crippen LogP contribution in [0.3, 0.4) is 0 Å².